The van der Waals surface area contributed by atoms with Crippen molar-refractivity contribution in [3.8, 4) is 0 Å². The van der Waals surface area contributed by atoms with E-state index < -0.39 is 10.0 Å². The molecule has 5 heterocycles. The summed E-state index contributed by atoms with van der Waals surface area (Å²) in [5, 5.41) is 15.1. The Labute approximate surface area is 231 Å². The van der Waals surface area contributed by atoms with Gasteiger partial charge in [-0.05, 0) is 37.5 Å². The number of anilines is 3. The van der Waals surface area contributed by atoms with Crippen LogP contribution in [-0.2, 0) is 10.0 Å². The van der Waals surface area contributed by atoms with Crippen LogP contribution in [0.3, 0.4) is 0 Å². The molecule has 1 aromatic carbocycles. The Bertz CT molecular complexity index is 1530. The number of carbonyl (C=O) groups excluding carboxylic acids is 1. The SMILES string of the molecule is CS(=O)(=O)Nc1ccc(Cl)cc1C(=O)N1CCCC[C@H]1c1cc2nc(N3CC(O)C3)cc(N3CC(N)C3)n2n1. The maximum absolute atomic E-state index is 13.9. The van der Waals surface area contributed by atoms with E-state index in [-0.39, 0.29) is 35.3 Å². The highest BCUT2D eigenvalue weighted by Gasteiger charge is 2.34. The van der Waals surface area contributed by atoms with Crippen LogP contribution in [0.2, 0.25) is 5.02 Å². The number of likely N-dealkylation sites (tertiary alicyclic amines) is 1. The molecule has 1 atom stereocenters. The van der Waals surface area contributed by atoms with E-state index in [4.69, 9.17) is 27.4 Å². The predicted octanol–water partition coefficient (Wildman–Crippen LogP) is 1.45. The Balaban J connectivity index is 1.37. The van der Waals surface area contributed by atoms with E-state index in [9.17, 15) is 18.3 Å². The number of fused-ring (bicyclic) bond motifs is 1. The average Bonchev–Trinajstić information content (AvgIpc) is 3.28. The second kappa shape index (κ2) is 9.81. The van der Waals surface area contributed by atoms with Crippen molar-refractivity contribution in [2.45, 2.75) is 37.5 Å². The van der Waals surface area contributed by atoms with Crippen molar-refractivity contribution in [2.24, 2.45) is 5.73 Å². The van der Waals surface area contributed by atoms with Crippen molar-refractivity contribution in [2.75, 3.05) is 53.5 Å². The van der Waals surface area contributed by atoms with Crippen LogP contribution in [0.4, 0.5) is 17.3 Å². The van der Waals surface area contributed by atoms with Crippen LogP contribution in [0.15, 0.2) is 30.3 Å². The number of rotatable bonds is 6. The zero-order valence-electron chi connectivity index (χ0n) is 21.5. The van der Waals surface area contributed by atoms with E-state index in [0.29, 0.717) is 55.5 Å². The van der Waals surface area contributed by atoms with Crippen LogP contribution in [0.25, 0.3) is 5.65 Å². The molecule has 208 valence electrons. The van der Waals surface area contributed by atoms with Gasteiger partial charge in [-0.25, -0.2) is 13.4 Å². The number of piperidine rings is 1. The quantitative estimate of drug-likeness (QED) is 0.397. The van der Waals surface area contributed by atoms with Crippen molar-refractivity contribution in [1.29, 1.82) is 0 Å². The van der Waals surface area contributed by atoms with Crippen molar-refractivity contribution in [3.05, 3.63) is 46.6 Å². The molecule has 39 heavy (non-hydrogen) atoms. The summed E-state index contributed by atoms with van der Waals surface area (Å²) in [6.07, 6.45) is 3.13. The van der Waals surface area contributed by atoms with Gasteiger partial charge in [-0.15, -0.1) is 0 Å². The van der Waals surface area contributed by atoms with Crippen LogP contribution >= 0.6 is 11.6 Å². The number of nitrogens with two attached hydrogens (primary N) is 1. The monoisotopic (exact) mass is 574 g/mol. The zero-order valence-corrected chi connectivity index (χ0v) is 23.1. The molecule has 0 bridgehead atoms. The fraction of sp³-hybridized carbons (Fsp3) is 0.480. The van der Waals surface area contributed by atoms with Gasteiger partial charge >= 0.3 is 0 Å². The molecule has 0 unspecified atom stereocenters. The molecule has 0 spiro atoms. The van der Waals surface area contributed by atoms with Crippen molar-refractivity contribution >= 4 is 50.5 Å². The number of aliphatic hydroxyl groups is 1. The molecule has 14 heteroatoms. The van der Waals surface area contributed by atoms with E-state index in [2.05, 4.69) is 9.62 Å². The smallest absolute Gasteiger partial charge is 0.256 e. The number of halogens is 1. The molecule has 1 amide bonds. The van der Waals surface area contributed by atoms with E-state index in [1.807, 2.05) is 17.0 Å². The first kappa shape index (κ1) is 26.1. The predicted molar refractivity (Wildman–Crippen MR) is 149 cm³/mol. The largest absolute Gasteiger partial charge is 0.389 e. The number of hydrogen-bond acceptors (Lipinski definition) is 9. The van der Waals surface area contributed by atoms with Gasteiger partial charge in [0.2, 0.25) is 10.0 Å². The first-order valence-electron chi connectivity index (χ1n) is 13.0. The summed E-state index contributed by atoms with van der Waals surface area (Å²) in [7, 11) is -3.61. The van der Waals surface area contributed by atoms with Gasteiger partial charge in [0.1, 0.15) is 11.6 Å². The number of aliphatic hydroxyl groups excluding tert-OH is 1. The van der Waals surface area contributed by atoms with Gasteiger partial charge < -0.3 is 25.5 Å². The molecule has 3 aliphatic heterocycles. The Hall–Kier alpha value is -3.13. The Morgan fingerprint density at radius 1 is 1.13 bits per heavy atom. The fourth-order valence-electron chi connectivity index (χ4n) is 5.47. The van der Waals surface area contributed by atoms with Gasteiger partial charge in [-0.3, -0.25) is 9.52 Å². The van der Waals surface area contributed by atoms with Crippen LogP contribution in [0.1, 0.15) is 41.4 Å². The first-order chi connectivity index (χ1) is 18.6. The summed E-state index contributed by atoms with van der Waals surface area (Å²) in [4.78, 5) is 24.6. The van der Waals surface area contributed by atoms with Gasteiger partial charge in [0.15, 0.2) is 5.65 Å². The van der Waals surface area contributed by atoms with Gasteiger partial charge in [0, 0.05) is 55.9 Å². The minimum absolute atomic E-state index is 0.0939. The standard InChI is InChI=1S/C25H31ClN8O4S/c1-39(37,38)30-19-6-5-15(26)8-18(19)25(36)33-7-3-2-4-21(33)20-9-23-28-22(31-13-17(35)14-31)10-24(34(23)29-20)32-11-16(27)12-32/h5-6,8-10,16-17,21,30,35H,2-4,7,11-14,27H2,1H3/t21-/m0/s1. The highest BCUT2D eigenvalue weighted by Crippen LogP contribution is 2.36. The summed E-state index contributed by atoms with van der Waals surface area (Å²) >= 11 is 6.22. The molecule has 0 aliphatic carbocycles. The second-order valence-corrected chi connectivity index (χ2v) is 12.8. The lowest BCUT2D eigenvalue weighted by molar-refractivity contribution is 0.0607. The molecule has 3 aromatic rings. The third-order valence-electron chi connectivity index (χ3n) is 7.45. The summed E-state index contributed by atoms with van der Waals surface area (Å²) in [5.41, 5.74) is 7.81. The number of aromatic nitrogens is 3. The number of sulfonamides is 1. The molecule has 12 nitrogen and oxygen atoms in total. The lowest BCUT2D eigenvalue weighted by atomic mass is 9.98. The number of nitrogens with one attached hydrogen (secondary N) is 1. The summed E-state index contributed by atoms with van der Waals surface area (Å²) in [6.45, 7) is 2.96. The zero-order chi connectivity index (χ0) is 27.5. The number of amides is 1. The van der Waals surface area contributed by atoms with E-state index in [1.54, 1.807) is 15.5 Å². The van der Waals surface area contributed by atoms with Gasteiger partial charge in [0.05, 0.1) is 35.3 Å². The highest BCUT2D eigenvalue weighted by atomic mass is 35.5. The number of nitrogens with zero attached hydrogens (tertiary/aromatic N) is 6. The first-order valence-corrected chi connectivity index (χ1v) is 15.3. The lowest BCUT2D eigenvalue weighted by Gasteiger charge is -2.40. The maximum Gasteiger partial charge on any atom is 0.256 e. The normalized spacial score (nSPS) is 20.7. The number of β-amino-alcohol motifs (C(OH)–C–C–N with tert-alkyl or cyclic N) is 1. The molecule has 3 fully saturated rings. The summed E-state index contributed by atoms with van der Waals surface area (Å²) in [5.74, 6) is 1.32. The molecular weight excluding hydrogens is 544 g/mol. The summed E-state index contributed by atoms with van der Waals surface area (Å²) in [6, 6.07) is 8.20. The second-order valence-electron chi connectivity index (χ2n) is 10.6. The molecule has 3 aliphatic rings. The summed E-state index contributed by atoms with van der Waals surface area (Å²) < 4.78 is 28.2. The van der Waals surface area contributed by atoms with Crippen molar-refractivity contribution in [1.82, 2.24) is 19.5 Å². The van der Waals surface area contributed by atoms with Crippen LogP contribution < -0.4 is 20.3 Å². The Morgan fingerprint density at radius 3 is 2.59 bits per heavy atom. The van der Waals surface area contributed by atoms with E-state index in [1.165, 1.54) is 12.1 Å². The third-order valence-corrected chi connectivity index (χ3v) is 8.27. The van der Waals surface area contributed by atoms with Crippen LogP contribution in [-0.4, -0.2) is 90.1 Å². The number of hydrogen-bond donors (Lipinski definition) is 3. The Morgan fingerprint density at radius 2 is 1.90 bits per heavy atom. The van der Waals surface area contributed by atoms with Gasteiger partial charge in [-0.2, -0.15) is 9.61 Å². The molecule has 3 saturated heterocycles. The third kappa shape index (κ3) is 5.11. The average molecular weight is 575 g/mol. The lowest BCUT2D eigenvalue weighted by Crippen LogP contribution is -2.56. The van der Waals surface area contributed by atoms with E-state index >= 15 is 0 Å². The van der Waals surface area contributed by atoms with Crippen molar-refractivity contribution in [3.63, 3.8) is 0 Å². The molecule has 4 N–H and O–H groups in total. The molecule has 0 radical (unpaired) electrons. The molecule has 2 aromatic heterocycles. The minimum atomic E-state index is -3.61. The van der Waals surface area contributed by atoms with Gasteiger partial charge in [-0.1, -0.05) is 11.6 Å². The fourth-order valence-corrected chi connectivity index (χ4v) is 6.22. The Kier molecular flexibility index (Phi) is 6.57. The van der Waals surface area contributed by atoms with Crippen LogP contribution in [0.5, 0.6) is 0 Å². The molecule has 0 saturated carbocycles. The highest BCUT2D eigenvalue weighted by molar-refractivity contribution is 7.92. The molecule has 6 rings (SSSR count). The topological polar surface area (TPSA) is 149 Å². The van der Waals surface area contributed by atoms with Gasteiger partial charge in [0.25, 0.3) is 5.91 Å². The van der Waals surface area contributed by atoms with E-state index in [0.717, 1.165) is 30.7 Å². The number of carbonyl (C=O) groups is 1. The number of benzene rings is 1. The maximum atomic E-state index is 13.9. The minimum Gasteiger partial charge on any atom is -0.389 e. The molecular formula is C25H31ClN8O4S. The van der Waals surface area contributed by atoms with Crippen LogP contribution in [0, 0.1) is 0 Å². The van der Waals surface area contributed by atoms with Crippen molar-refractivity contribution < 1.29 is 18.3 Å².